The molecule has 154 valence electrons. The van der Waals surface area contributed by atoms with Crippen molar-refractivity contribution in [1.29, 1.82) is 0 Å². The summed E-state index contributed by atoms with van der Waals surface area (Å²) in [6.07, 6.45) is 0.651. The second-order valence-electron chi connectivity index (χ2n) is 7.13. The number of nitrogens with zero attached hydrogens (tertiary/aromatic N) is 3. The first-order valence-corrected chi connectivity index (χ1v) is 11.7. The van der Waals surface area contributed by atoms with E-state index < -0.39 is 0 Å². The minimum absolute atomic E-state index is 0.0989. The number of thiazole rings is 1. The van der Waals surface area contributed by atoms with Crippen molar-refractivity contribution >= 4 is 34.0 Å². The zero-order valence-electron chi connectivity index (χ0n) is 16.9. The fourth-order valence-corrected chi connectivity index (χ4v) is 5.17. The first-order valence-electron chi connectivity index (χ1n) is 9.87. The van der Waals surface area contributed by atoms with Gasteiger partial charge in [0.05, 0.1) is 29.2 Å². The van der Waals surface area contributed by atoms with Crippen LogP contribution in [-0.4, -0.2) is 26.2 Å². The van der Waals surface area contributed by atoms with E-state index in [0.717, 1.165) is 16.3 Å². The number of aliphatic hydroxyl groups excluding tert-OH is 1. The molecule has 5 nitrogen and oxygen atoms in total. The van der Waals surface area contributed by atoms with Crippen molar-refractivity contribution < 1.29 is 5.11 Å². The van der Waals surface area contributed by atoms with Crippen molar-refractivity contribution in [3.8, 4) is 10.6 Å². The van der Waals surface area contributed by atoms with E-state index in [4.69, 9.17) is 9.97 Å². The number of para-hydroxylation sites is 1. The molecule has 0 amide bonds. The van der Waals surface area contributed by atoms with Crippen molar-refractivity contribution in [1.82, 2.24) is 14.5 Å². The van der Waals surface area contributed by atoms with Crippen LogP contribution in [0.3, 0.4) is 0 Å². The Bertz CT molecular complexity index is 1210. The van der Waals surface area contributed by atoms with Gasteiger partial charge in [0, 0.05) is 16.7 Å². The van der Waals surface area contributed by atoms with Crippen LogP contribution in [-0.2, 0) is 5.75 Å². The lowest BCUT2D eigenvalue weighted by molar-refractivity contribution is 0.213. The van der Waals surface area contributed by atoms with E-state index in [1.165, 1.54) is 17.3 Å². The van der Waals surface area contributed by atoms with Crippen molar-refractivity contribution in [2.24, 2.45) is 0 Å². The summed E-state index contributed by atoms with van der Waals surface area (Å²) in [5, 5.41) is 14.0. The molecule has 7 heteroatoms. The maximum absolute atomic E-state index is 13.1. The van der Waals surface area contributed by atoms with Crippen LogP contribution in [0.25, 0.3) is 21.5 Å². The summed E-state index contributed by atoms with van der Waals surface area (Å²) in [4.78, 5) is 22.6. The first-order chi connectivity index (χ1) is 14.6. The van der Waals surface area contributed by atoms with Crippen LogP contribution in [0.1, 0.15) is 30.6 Å². The SMILES string of the molecule is CCC(CO)n1c(SCc2csc(-c3ccc(C)cc3)n2)nc2ccccc2c1=O. The Labute approximate surface area is 183 Å². The summed E-state index contributed by atoms with van der Waals surface area (Å²) >= 11 is 3.10. The van der Waals surface area contributed by atoms with Gasteiger partial charge in [-0.15, -0.1) is 11.3 Å². The minimum atomic E-state index is -0.296. The van der Waals surface area contributed by atoms with Gasteiger partial charge in [0.1, 0.15) is 5.01 Å². The zero-order valence-corrected chi connectivity index (χ0v) is 18.5. The summed E-state index contributed by atoms with van der Waals surface area (Å²) in [5.74, 6) is 0.606. The Balaban J connectivity index is 1.64. The molecule has 4 rings (SSSR count). The average molecular weight is 438 g/mol. The standard InChI is InChI=1S/C23H23N3O2S2/c1-3-18(12-27)26-22(28)19-6-4-5-7-20(19)25-23(26)30-14-17-13-29-21(24-17)16-10-8-15(2)9-11-16/h4-11,13,18,27H,3,12,14H2,1-2H3. The molecule has 1 atom stereocenters. The molecular formula is C23H23N3O2S2. The van der Waals surface area contributed by atoms with E-state index in [1.807, 2.05) is 25.1 Å². The van der Waals surface area contributed by atoms with E-state index >= 15 is 0 Å². The lowest BCUT2D eigenvalue weighted by atomic mass is 10.2. The summed E-state index contributed by atoms with van der Waals surface area (Å²) in [5.41, 5.74) is 3.84. The number of rotatable bonds is 7. The van der Waals surface area contributed by atoms with Crippen LogP contribution in [0.5, 0.6) is 0 Å². The number of fused-ring (bicyclic) bond motifs is 1. The van der Waals surface area contributed by atoms with Crippen LogP contribution < -0.4 is 5.56 Å². The van der Waals surface area contributed by atoms with Gasteiger partial charge in [-0.25, -0.2) is 9.97 Å². The van der Waals surface area contributed by atoms with Gasteiger partial charge in [-0.1, -0.05) is 60.6 Å². The predicted molar refractivity (Wildman–Crippen MR) is 124 cm³/mol. The monoisotopic (exact) mass is 437 g/mol. The maximum Gasteiger partial charge on any atom is 0.262 e. The first kappa shape index (κ1) is 20.8. The maximum atomic E-state index is 13.1. The van der Waals surface area contributed by atoms with Gasteiger partial charge < -0.3 is 5.11 Å². The molecule has 0 radical (unpaired) electrons. The summed E-state index contributed by atoms with van der Waals surface area (Å²) < 4.78 is 1.64. The number of aromatic nitrogens is 3. The Morgan fingerprint density at radius 3 is 2.63 bits per heavy atom. The number of aryl methyl sites for hydroxylation is 1. The fourth-order valence-electron chi connectivity index (χ4n) is 3.28. The quantitative estimate of drug-likeness (QED) is 0.323. The van der Waals surface area contributed by atoms with Crippen LogP contribution in [0.15, 0.2) is 63.9 Å². The van der Waals surface area contributed by atoms with Crippen molar-refractivity contribution in [3.63, 3.8) is 0 Å². The molecular weight excluding hydrogens is 414 g/mol. The van der Waals surface area contributed by atoms with Gasteiger partial charge in [-0.2, -0.15) is 0 Å². The summed E-state index contributed by atoms with van der Waals surface area (Å²) in [7, 11) is 0. The molecule has 0 bridgehead atoms. The number of hydrogen-bond acceptors (Lipinski definition) is 6. The van der Waals surface area contributed by atoms with Crippen LogP contribution in [0.2, 0.25) is 0 Å². The van der Waals surface area contributed by atoms with Gasteiger partial charge >= 0.3 is 0 Å². The van der Waals surface area contributed by atoms with Gasteiger partial charge in [-0.3, -0.25) is 9.36 Å². The molecule has 0 fully saturated rings. The second-order valence-corrected chi connectivity index (χ2v) is 8.93. The number of thioether (sulfide) groups is 1. The molecule has 0 saturated heterocycles. The number of benzene rings is 2. The molecule has 2 aromatic heterocycles. The third-order valence-corrected chi connectivity index (χ3v) is 6.95. The molecule has 0 aliphatic heterocycles. The van der Waals surface area contributed by atoms with Gasteiger partial charge in [0.2, 0.25) is 0 Å². The second kappa shape index (κ2) is 9.12. The van der Waals surface area contributed by atoms with E-state index in [9.17, 15) is 9.90 Å². The smallest absolute Gasteiger partial charge is 0.262 e. The largest absolute Gasteiger partial charge is 0.394 e. The Morgan fingerprint density at radius 1 is 1.13 bits per heavy atom. The highest BCUT2D eigenvalue weighted by atomic mass is 32.2. The lowest BCUT2D eigenvalue weighted by Gasteiger charge is -2.19. The highest BCUT2D eigenvalue weighted by Gasteiger charge is 2.18. The third kappa shape index (κ3) is 4.19. The number of aliphatic hydroxyl groups is 1. The molecule has 4 aromatic rings. The molecule has 0 aliphatic carbocycles. The molecule has 0 aliphatic rings. The molecule has 0 spiro atoms. The van der Waals surface area contributed by atoms with Gasteiger partial charge in [-0.05, 0) is 25.5 Å². The fraction of sp³-hybridized carbons (Fsp3) is 0.261. The molecule has 30 heavy (non-hydrogen) atoms. The molecule has 0 saturated carbocycles. The van der Waals surface area contributed by atoms with Crippen LogP contribution >= 0.6 is 23.1 Å². The lowest BCUT2D eigenvalue weighted by Crippen LogP contribution is -2.29. The topological polar surface area (TPSA) is 68.0 Å². The van der Waals surface area contributed by atoms with E-state index in [-0.39, 0.29) is 18.2 Å². The van der Waals surface area contributed by atoms with Gasteiger partial charge in [0.25, 0.3) is 5.56 Å². The molecule has 1 N–H and O–H groups in total. The van der Waals surface area contributed by atoms with Crippen LogP contribution in [0.4, 0.5) is 0 Å². The Kier molecular flexibility index (Phi) is 6.32. The highest BCUT2D eigenvalue weighted by molar-refractivity contribution is 7.98. The van der Waals surface area contributed by atoms with Gasteiger partial charge in [0.15, 0.2) is 5.16 Å². The molecule has 2 aromatic carbocycles. The van der Waals surface area contributed by atoms with E-state index in [2.05, 4.69) is 36.6 Å². The average Bonchev–Trinajstić information content (AvgIpc) is 3.24. The predicted octanol–water partition coefficient (Wildman–Crippen LogP) is 5.06. The highest BCUT2D eigenvalue weighted by Crippen LogP contribution is 2.29. The molecule has 2 heterocycles. The normalized spacial score (nSPS) is 12.4. The molecule has 1 unspecified atom stereocenters. The Morgan fingerprint density at radius 2 is 1.90 bits per heavy atom. The minimum Gasteiger partial charge on any atom is -0.394 e. The van der Waals surface area contributed by atoms with Crippen LogP contribution in [0, 0.1) is 6.92 Å². The summed E-state index contributed by atoms with van der Waals surface area (Å²) in [6.45, 7) is 3.93. The van der Waals surface area contributed by atoms with Crippen molar-refractivity contribution in [3.05, 3.63) is 75.5 Å². The van der Waals surface area contributed by atoms with E-state index in [1.54, 1.807) is 22.0 Å². The van der Waals surface area contributed by atoms with Crippen molar-refractivity contribution in [2.45, 2.75) is 37.2 Å². The van der Waals surface area contributed by atoms with E-state index in [0.29, 0.717) is 28.2 Å². The zero-order chi connectivity index (χ0) is 21.1. The summed E-state index contributed by atoms with van der Waals surface area (Å²) in [6, 6.07) is 15.4. The number of hydrogen-bond donors (Lipinski definition) is 1. The third-order valence-electron chi connectivity index (χ3n) is 5.02. The van der Waals surface area contributed by atoms with Crippen molar-refractivity contribution in [2.75, 3.05) is 6.61 Å². The Hall–Kier alpha value is -2.48.